The van der Waals surface area contributed by atoms with Gasteiger partial charge in [0.15, 0.2) is 22.4 Å². The molecular formula is C25H31N3O4S. The Morgan fingerprint density at radius 2 is 1.94 bits per heavy atom. The van der Waals surface area contributed by atoms with Gasteiger partial charge in [-0.05, 0) is 23.8 Å². The average Bonchev–Trinajstić information content (AvgIpc) is 2.74. The summed E-state index contributed by atoms with van der Waals surface area (Å²) in [5.41, 5.74) is 2.16. The molecule has 0 radical (unpaired) electrons. The third-order valence-electron chi connectivity index (χ3n) is 6.00. The third-order valence-corrected chi connectivity index (χ3v) is 7.30. The summed E-state index contributed by atoms with van der Waals surface area (Å²) in [4.78, 5) is 34.6. The molecule has 1 aliphatic carbocycles. The largest absolute Gasteiger partial charge is 0.493 e. The van der Waals surface area contributed by atoms with Gasteiger partial charge < -0.3 is 19.8 Å². The Balaban J connectivity index is 1.95. The number of Topliss-reactive ketones (excluding diaryl/α,β-unsaturated/α-hetero) is 1. The lowest BCUT2D eigenvalue weighted by Crippen LogP contribution is -2.37. The monoisotopic (exact) mass is 469 g/mol. The molecule has 33 heavy (non-hydrogen) atoms. The quantitative estimate of drug-likeness (QED) is 0.466. The van der Waals surface area contributed by atoms with E-state index < -0.39 is 5.92 Å². The Labute approximate surface area is 198 Å². The van der Waals surface area contributed by atoms with Crippen LogP contribution in [0.5, 0.6) is 11.5 Å². The van der Waals surface area contributed by atoms with Crippen LogP contribution in [0.3, 0.4) is 0 Å². The van der Waals surface area contributed by atoms with Gasteiger partial charge in [-0.3, -0.25) is 9.59 Å². The van der Waals surface area contributed by atoms with Crippen LogP contribution in [0.15, 0.2) is 39.4 Å². The summed E-state index contributed by atoms with van der Waals surface area (Å²) in [6, 6.07) is 5.55. The maximum absolute atomic E-state index is 13.4. The van der Waals surface area contributed by atoms with E-state index in [9.17, 15) is 9.59 Å². The fourth-order valence-electron chi connectivity index (χ4n) is 4.66. The Bertz CT molecular complexity index is 1180. The molecule has 4 rings (SSSR count). The van der Waals surface area contributed by atoms with Crippen molar-refractivity contribution in [3.8, 4) is 11.5 Å². The first kappa shape index (κ1) is 23.4. The SMILES string of the molecule is COc1cccc([C@H]2C3=C(CC(C)(C)CC3=O)Nc3nc(SCC(C)C)[nH]c(=O)c32)c1OC. The number of anilines is 1. The molecule has 1 aliphatic heterocycles. The van der Waals surface area contributed by atoms with Crippen molar-refractivity contribution in [2.75, 3.05) is 25.3 Å². The molecule has 176 valence electrons. The number of benzene rings is 1. The molecule has 2 aromatic rings. The minimum atomic E-state index is -0.592. The van der Waals surface area contributed by atoms with Crippen LogP contribution < -0.4 is 20.3 Å². The van der Waals surface area contributed by atoms with E-state index in [0.717, 1.165) is 17.0 Å². The van der Waals surface area contributed by atoms with Gasteiger partial charge in [-0.1, -0.05) is 51.6 Å². The fraction of sp³-hybridized carbons (Fsp3) is 0.480. The van der Waals surface area contributed by atoms with E-state index in [2.05, 4.69) is 38.0 Å². The van der Waals surface area contributed by atoms with E-state index in [-0.39, 0.29) is 16.8 Å². The van der Waals surface area contributed by atoms with E-state index in [1.54, 1.807) is 20.3 Å². The maximum atomic E-state index is 13.4. The number of allylic oxidation sites excluding steroid dienone is 2. The molecule has 1 atom stereocenters. The van der Waals surface area contributed by atoms with Crippen molar-refractivity contribution in [1.29, 1.82) is 0 Å². The molecule has 0 fully saturated rings. The highest BCUT2D eigenvalue weighted by Crippen LogP contribution is 2.50. The lowest BCUT2D eigenvalue weighted by molar-refractivity contribution is -0.118. The smallest absolute Gasteiger partial charge is 0.257 e. The van der Waals surface area contributed by atoms with Crippen molar-refractivity contribution < 1.29 is 14.3 Å². The molecule has 0 unspecified atom stereocenters. The van der Waals surface area contributed by atoms with Crippen molar-refractivity contribution in [2.24, 2.45) is 11.3 Å². The normalized spacial score (nSPS) is 19.1. The summed E-state index contributed by atoms with van der Waals surface area (Å²) >= 11 is 1.52. The fourth-order valence-corrected chi connectivity index (χ4v) is 5.47. The van der Waals surface area contributed by atoms with Crippen LogP contribution in [0.1, 0.15) is 57.6 Å². The number of carbonyl (C=O) groups is 1. The number of carbonyl (C=O) groups excluding carboxylic acids is 1. The molecule has 0 bridgehead atoms. The first-order valence-electron chi connectivity index (χ1n) is 11.2. The number of hydrogen-bond donors (Lipinski definition) is 2. The second kappa shape index (κ2) is 8.89. The van der Waals surface area contributed by atoms with Gasteiger partial charge in [-0.25, -0.2) is 4.98 Å². The summed E-state index contributed by atoms with van der Waals surface area (Å²) in [6.07, 6.45) is 1.11. The average molecular weight is 470 g/mol. The molecule has 7 nitrogen and oxygen atoms in total. The Morgan fingerprint density at radius 1 is 1.18 bits per heavy atom. The van der Waals surface area contributed by atoms with Crippen LogP contribution in [-0.4, -0.2) is 35.7 Å². The number of rotatable bonds is 6. The summed E-state index contributed by atoms with van der Waals surface area (Å²) in [5.74, 6) is 2.31. The van der Waals surface area contributed by atoms with Crippen LogP contribution in [0, 0.1) is 11.3 Å². The molecule has 0 saturated heterocycles. The van der Waals surface area contributed by atoms with Crippen molar-refractivity contribution in [3.05, 3.63) is 50.9 Å². The van der Waals surface area contributed by atoms with Gasteiger partial charge in [0.05, 0.1) is 25.7 Å². The zero-order chi connectivity index (χ0) is 23.9. The van der Waals surface area contributed by atoms with Gasteiger partial charge in [0.1, 0.15) is 5.82 Å². The van der Waals surface area contributed by atoms with Crippen LogP contribution in [0.4, 0.5) is 5.82 Å². The van der Waals surface area contributed by atoms with Crippen LogP contribution >= 0.6 is 11.8 Å². The molecule has 1 aromatic heterocycles. The van der Waals surface area contributed by atoms with Gasteiger partial charge in [0.2, 0.25) is 0 Å². The molecule has 2 heterocycles. The van der Waals surface area contributed by atoms with Crippen LogP contribution in [-0.2, 0) is 4.79 Å². The lowest BCUT2D eigenvalue weighted by Gasteiger charge is -2.38. The number of aromatic amines is 1. The van der Waals surface area contributed by atoms with E-state index in [1.165, 1.54) is 11.8 Å². The number of fused-ring (bicyclic) bond motifs is 1. The molecule has 2 aliphatic rings. The summed E-state index contributed by atoms with van der Waals surface area (Å²) in [7, 11) is 3.14. The number of ether oxygens (including phenoxy) is 2. The van der Waals surface area contributed by atoms with Gasteiger partial charge in [-0.15, -0.1) is 0 Å². The number of thioether (sulfide) groups is 1. The number of methoxy groups -OCH3 is 2. The van der Waals surface area contributed by atoms with Crippen molar-refractivity contribution in [2.45, 2.75) is 51.6 Å². The van der Waals surface area contributed by atoms with E-state index in [1.807, 2.05) is 12.1 Å². The molecular weight excluding hydrogens is 438 g/mol. The number of nitrogens with one attached hydrogen (secondary N) is 2. The van der Waals surface area contributed by atoms with Crippen molar-refractivity contribution in [1.82, 2.24) is 9.97 Å². The maximum Gasteiger partial charge on any atom is 0.257 e. The lowest BCUT2D eigenvalue weighted by atomic mass is 9.69. The standard InChI is InChI=1S/C25H31N3O4S/c1-13(2)12-33-24-27-22-20(23(30)28-24)18(14-8-7-9-17(31-5)21(14)32-6)19-15(26-22)10-25(3,4)11-16(19)29/h7-9,13,18H,10-12H2,1-6H3,(H2,26,27,28,30)/t18-/m0/s1. The number of H-pyrrole nitrogens is 1. The molecule has 0 spiro atoms. The third kappa shape index (κ3) is 4.40. The zero-order valence-electron chi connectivity index (χ0n) is 20.0. The Morgan fingerprint density at radius 3 is 2.61 bits per heavy atom. The minimum absolute atomic E-state index is 0.0342. The first-order valence-corrected chi connectivity index (χ1v) is 12.1. The summed E-state index contributed by atoms with van der Waals surface area (Å²) in [5, 5.41) is 3.93. The number of nitrogens with zero attached hydrogens (tertiary/aromatic N) is 1. The number of hydrogen-bond acceptors (Lipinski definition) is 7. The highest BCUT2D eigenvalue weighted by atomic mass is 32.2. The predicted molar refractivity (Wildman–Crippen MR) is 130 cm³/mol. The minimum Gasteiger partial charge on any atom is -0.493 e. The van der Waals surface area contributed by atoms with Gasteiger partial charge >= 0.3 is 0 Å². The summed E-state index contributed by atoms with van der Waals surface area (Å²) in [6.45, 7) is 8.42. The van der Waals surface area contributed by atoms with E-state index >= 15 is 0 Å². The van der Waals surface area contributed by atoms with Gasteiger partial charge in [0.25, 0.3) is 5.56 Å². The van der Waals surface area contributed by atoms with Gasteiger partial charge in [0, 0.05) is 29.0 Å². The van der Waals surface area contributed by atoms with Gasteiger partial charge in [-0.2, -0.15) is 0 Å². The van der Waals surface area contributed by atoms with E-state index in [0.29, 0.717) is 52.4 Å². The first-order chi connectivity index (χ1) is 15.6. The highest BCUT2D eigenvalue weighted by Gasteiger charge is 2.43. The summed E-state index contributed by atoms with van der Waals surface area (Å²) < 4.78 is 11.2. The zero-order valence-corrected chi connectivity index (χ0v) is 20.8. The second-order valence-electron chi connectivity index (χ2n) is 9.81. The Kier molecular flexibility index (Phi) is 6.31. The molecule has 8 heteroatoms. The molecule has 0 saturated carbocycles. The Hall–Kier alpha value is -2.74. The predicted octanol–water partition coefficient (Wildman–Crippen LogP) is 4.74. The van der Waals surface area contributed by atoms with Crippen molar-refractivity contribution >= 4 is 23.4 Å². The molecule has 0 amide bonds. The molecule has 1 aromatic carbocycles. The van der Waals surface area contributed by atoms with E-state index in [4.69, 9.17) is 14.5 Å². The number of ketones is 1. The second-order valence-corrected chi connectivity index (χ2v) is 10.8. The van der Waals surface area contributed by atoms with Crippen molar-refractivity contribution in [3.63, 3.8) is 0 Å². The number of para-hydroxylation sites is 1. The number of aromatic nitrogens is 2. The highest BCUT2D eigenvalue weighted by molar-refractivity contribution is 7.99. The molecule has 2 N–H and O–H groups in total. The van der Waals surface area contributed by atoms with Crippen LogP contribution in [0.2, 0.25) is 0 Å². The van der Waals surface area contributed by atoms with Crippen LogP contribution in [0.25, 0.3) is 0 Å². The topological polar surface area (TPSA) is 93.3 Å².